The van der Waals surface area contributed by atoms with E-state index in [-0.39, 0.29) is 30.2 Å². The Labute approximate surface area is 114 Å². The summed E-state index contributed by atoms with van der Waals surface area (Å²) >= 11 is 0. The Bertz CT molecular complexity index is 532. The Balaban J connectivity index is 2.77. The Kier molecular flexibility index (Phi) is 5.39. The number of anilines is 1. The van der Waals surface area contributed by atoms with Crippen LogP contribution in [0.15, 0.2) is 18.2 Å². The first-order chi connectivity index (χ1) is 9.45. The number of nitrogens with zero attached hydrogens (tertiary/aromatic N) is 2. The van der Waals surface area contributed by atoms with E-state index >= 15 is 0 Å². The molecule has 0 aliphatic rings. The van der Waals surface area contributed by atoms with Crippen LogP contribution in [0.2, 0.25) is 0 Å². The van der Waals surface area contributed by atoms with Crippen molar-refractivity contribution in [1.82, 2.24) is 5.32 Å². The van der Waals surface area contributed by atoms with E-state index in [2.05, 4.69) is 10.6 Å². The zero-order valence-corrected chi connectivity index (χ0v) is 10.8. The van der Waals surface area contributed by atoms with Crippen LogP contribution in [0.3, 0.4) is 0 Å². The largest absolute Gasteiger partial charge is 0.379 e. The fourth-order valence-electron chi connectivity index (χ4n) is 1.53. The zero-order valence-electron chi connectivity index (χ0n) is 10.8. The van der Waals surface area contributed by atoms with Gasteiger partial charge >= 0.3 is 0 Å². The number of non-ortho nitro benzene ring substituents is 1. The fraction of sp³-hybridized carbons (Fsp3) is 0.364. The quantitative estimate of drug-likeness (QED) is 0.575. The van der Waals surface area contributed by atoms with E-state index in [1.165, 1.54) is 12.1 Å². The molecule has 0 spiro atoms. The molecule has 0 aromatic heterocycles. The van der Waals surface area contributed by atoms with Crippen LogP contribution in [0.5, 0.6) is 0 Å². The van der Waals surface area contributed by atoms with E-state index in [4.69, 9.17) is 0 Å². The van der Waals surface area contributed by atoms with Gasteiger partial charge in [0.05, 0.1) is 15.9 Å². The van der Waals surface area contributed by atoms with Crippen LogP contribution in [-0.2, 0) is 4.79 Å². The molecule has 1 amide bonds. The first-order valence-corrected chi connectivity index (χ1v) is 5.89. The van der Waals surface area contributed by atoms with Gasteiger partial charge in [-0.1, -0.05) is 0 Å². The highest BCUT2D eigenvalue weighted by Crippen LogP contribution is 2.28. The number of amides is 1. The molecule has 0 aliphatic carbocycles. The molecule has 1 aromatic carbocycles. The van der Waals surface area contributed by atoms with Crippen molar-refractivity contribution in [3.8, 4) is 0 Å². The lowest BCUT2D eigenvalue weighted by Gasteiger charge is -2.07. The molecule has 0 atom stereocenters. The second-order valence-electron chi connectivity index (χ2n) is 3.85. The molecule has 108 valence electrons. The molecular weight excluding hydrogens is 268 g/mol. The number of carbonyl (C=O) groups is 1. The zero-order chi connectivity index (χ0) is 15.1. The Morgan fingerprint density at radius 3 is 2.50 bits per heavy atom. The molecule has 0 unspecified atom stereocenters. The van der Waals surface area contributed by atoms with Crippen molar-refractivity contribution in [2.24, 2.45) is 0 Å². The van der Waals surface area contributed by atoms with Gasteiger partial charge in [-0.2, -0.15) is 0 Å². The van der Waals surface area contributed by atoms with Crippen molar-refractivity contribution >= 4 is 23.0 Å². The second-order valence-corrected chi connectivity index (χ2v) is 3.85. The number of carbonyl (C=O) groups excluding carboxylic acids is 1. The molecule has 0 fully saturated rings. The Hall–Kier alpha value is -2.71. The van der Waals surface area contributed by atoms with Crippen molar-refractivity contribution in [3.05, 3.63) is 38.4 Å². The third-order valence-corrected chi connectivity index (χ3v) is 2.43. The maximum absolute atomic E-state index is 11.2. The fourth-order valence-corrected chi connectivity index (χ4v) is 1.53. The van der Waals surface area contributed by atoms with Gasteiger partial charge in [-0.25, -0.2) is 0 Å². The molecule has 9 nitrogen and oxygen atoms in total. The second kappa shape index (κ2) is 7.02. The van der Waals surface area contributed by atoms with Crippen LogP contribution >= 0.6 is 0 Å². The molecule has 0 saturated heterocycles. The van der Waals surface area contributed by atoms with Crippen LogP contribution in [0.25, 0.3) is 0 Å². The summed E-state index contributed by atoms with van der Waals surface area (Å²) in [7, 11) is 0. The van der Waals surface area contributed by atoms with Crippen molar-refractivity contribution < 1.29 is 14.6 Å². The number of hydrogen-bond acceptors (Lipinski definition) is 6. The normalized spacial score (nSPS) is 9.85. The van der Waals surface area contributed by atoms with Crippen LogP contribution in [0, 0.1) is 20.2 Å². The minimum atomic E-state index is -0.707. The summed E-state index contributed by atoms with van der Waals surface area (Å²) in [6, 6.07) is 3.31. The summed E-state index contributed by atoms with van der Waals surface area (Å²) < 4.78 is 0. The summed E-state index contributed by atoms with van der Waals surface area (Å²) in [5.41, 5.74) is -0.606. The van der Waals surface area contributed by atoms with Gasteiger partial charge in [-0.05, 0) is 13.0 Å². The predicted octanol–water partition coefficient (Wildman–Crippen LogP) is 1.44. The molecule has 9 heteroatoms. The van der Waals surface area contributed by atoms with Gasteiger partial charge < -0.3 is 10.6 Å². The Morgan fingerprint density at radius 2 is 1.95 bits per heavy atom. The van der Waals surface area contributed by atoms with Gasteiger partial charge in [0.15, 0.2) is 0 Å². The van der Waals surface area contributed by atoms with Crippen LogP contribution in [0.1, 0.15) is 13.3 Å². The van der Waals surface area contributed by atoms with Gasteiger partial charge in [0.1, 0.15) is 5.69 Å². The maximum atomic E-state index is 11.2. The SMILES string of the molecule is CCNC(=O)CCNc1ccc([N+](=O)[O-])cc1[N+](=O)[O-]. The van der Waals surface area contributed by atoms with Crippen LogP contribution in [0.4, 0.5) is 17.1 Å². The number of rotatable bonds is 7. The van der Waals surface area contributed by atoms with E-state index < -0.39 is 15.5 Å². The van der Waals surface area contributed by atoms with Crippen molar-refractivity contribution in [3.63, 3.8) is 0 Å². The number of benzene rings is 1. The standard InChI is InChI=1S/C11H14N4O5/c1-2-12-11(16)5-6-13-9-4-3-8(14(17)18)7-10(9)15(19)20/h3-4,7,13H,2,5-6H2,1H3,(H,12,16). The van der Waals surface area contributed by atoms with E-state index in [0.29, 0.717) is 6.54 Å². The first-order valence-electron chi connectivity index (χ1n) is 5.89. The summed E-state index contributed by atoms with van der Waals surface area (Å²) in [5, 5.41) is 26.7. The summed E-state index contributed by atoms with van der Waals surface area (Å²) in [5.74, 6) is -0.176. The number of nitro benzene ring substituents is 2. The number of nitro groups is 2. The number of hydrogen-bond donors (Lipinski definition) is 2. The molecule has 1 aromatic rings. The summed E-state index contributed by atoms with van der Waals surface area (Å²) in [4.78, 5) is 31.2. The monoisotopic (exact) mass is 282 g/mol. The predicted molar refractivity (Wildman–Crippen MR) is 71.5 cm³/mol. The van der Waals surface area contributed by atoms with Crippen molar-refractivity contribution in [1.29, 1.82) is 0 Å². The highest BCUT2D eigenvalue weighted by molar-refractivity contribution is 5.76. The summed E-state index contributed by atoms with van der Waals surface area (Å²) in [6.45, 7) is 2.49. The van der Waals surface area contributed by atoms with E-state index in [9.17, 15) is 25.0 Å². The highest BCUT2D eigenvalue weighted by Gasteiger charge is 2.19. The third-order valence-electron chi connectivity index (χ3n) is 2.43. The lowest BCUT2D eigenvalue weighted by atomic mass is 10.2. The van der Waals surface area contributed by atoms with Crippen LogP contribution in [-0.4, -0.2) is 28.8 Å². The van der Waals surface area contributed by atoms with Gasteiger partial charge in [-0.3, -0.25) is 25.0 Å². The van der Waals surface area contributed by atoms with E-state index in [1.807, 2.05) is 0 Å². The number of nitrogens with one attached hydrogen (secondary N) is 2. The van der Waals surface area contributed by atoms with Gasteiger partial charge in [0.2, 0.25) is 5.91 Å². The molecule has 0 saturated carbocycles. The average molecular weight is 282 g/mol. The lowest BCUT2D eigenvalue weighted by Crippen LogP contribution is -2.24. The van der Waals surface area contributed by atoms with Crippen molar-refractivity contribution in [2.75, 3.05) is 18.4 Å². The third kappa shape index (κ3) is 4.19. The molecule has 2 N–H and O–H groups in total. The van der Waals surface area contributed by atoms with Gasteiger partial charge in [0, 0.05) is 25.6 Å². The van der Waals surface area contributed by atoms with Crippen LogP contribution < -0.4 is 10.6 Å². The van der Waals surface area contributed by atoms with E-state index in [0.717, 1.165) is 6.07 Å². The molecular formula is C11H14N4O5. The maximum Gasteiger partial charge on any atom is 0.299 e. The lowest BCUT2D eigenvalue weighted by molar-refractivity contribution is -0.393. The minimum absolute atomic E-state index is 0.143. The topological polar surface area (TPSA) is 127 Å². The van der Waals surface area contributed by atoms with Gasteiger partial charge in [0.25, 0.3) is 11.4 Å². The van der Waals surface area contributed by atoms with E-state index in [1.54, 1.807) is 6.92 Å². The first kappa shape index (κ1) is 15.3. The Morgan fingerprint density at radius 1 is 1.25 bits per heavy atom. The molecule has 0 aliphatic heterocycles. The van der Waals surface area contributed by atoms with Crippen molar-refractivity contribution in [2.45, 2.75) is 13.3 Å². The smallest absolute Gasteiger partial charge is 0.299 e. The molecule has 0 heterocycles. The summed E-state index contributed by atoms with van der Waals surface area (Å²) in [6.07, 6.45) is 0.155. The average Bonchev–Trinajstić information content (AvgIpc) is 2.38. The molecule has 0 radical (unpaired) electrons. The minimum Gasteiger partial charge on any atom is -0.379 e. The molecule has 20 heavy (non-hydrogen) atoms. The van der Waals surface area contributed by atoms with Gasteiger partial charge in [-0.15, -0.1) is 0 Å². The molecule has 0 bridgehead atoms. The highest BCUT2D eigenvalue weighted by atomic mass is 16.6. The molecule has 1 rings (SSSR count).